The molecule has 0 aliphatic heterocycles. The van der Waals surface area contributed by atoms with E-state index >= 15 is 0 Å². The Labute approximate surface area is 169 Å². The van der Waals surface area contributed by atoms with E-state index in [1.54, 1.807) is 12.3 Å². The SMILES string of the molecule is N#Cc1ccccc1Nc1nccc(N(Cc2ccccc2)c2ccccc2)n1. The fourth-order valence-electron chi connectivity index (χ4n) is 3.05. The summed E-state index contributed by atoms with van der Waals surface area (Å²) in [7, 11) is 0. The highest BCUT2D eigenvalue weighted by Gasteiger charge is 2.13. The minimum atomic E-state index is 0.444. The Morgan fingerprint density at radius 2 is 1.52 bits per heavy atom. The molecule has 5 nitrogen and oxygen atoms in total. The third kappa shape index (κ3) is 4.40. The Morgan fingerprint density at radius 3 is 2.28 bits per heavy atom. The van der Waals surface area contributed by atoms with Crippen molar-refractivity contribution < 1.29 is 0 Å². The molecule has 0 amide bonds. The van der Waals surface area contributed by atoms with Gasteiger partial charge in [0.1, 0.15) is 11.9 Å². The van der Waals surface area contributed by atoms with Gasteiger partial charge in [-0.15, -0.1) is 0 Å². The summed E-state index contributed by atoms with van der Waals surface area (Å²) in [5.41, 5.74) is 3.45. The normalized spacial score (nSPS) is 10.2. The van der Waals surface area contributed by atoms with E-state index in [9.17, 15) is 5.26 Å². The smallest absolute Gasteiger partial charge is 0.229 e. The van der Waals surface area contributed by atoms with E-state index < -0.39 is 0 Å². The first kappa shape index (κ1) is 18.2. The average Bonchev–Trinajstić information content (AvgIpc) is 2.79. The third-order valence-electron chi connectivity index (χ3n) is 4.46. The van der Waals surface area contributed by atoms with Crippen LogP contribution in [0, 0.1) is 11.3 Å². The van der Waals surface area contributed by atoms with Gasteiger partial charge in [-0.3, -0.25) is 0 Å². The van der Waals surface area contributed by atoms with Gasteiger partial charge in [0, 0.05) is 18.4 Å². The van der Waals surface area contributed by atoms with Gasteiger partial charge in [0.2, 0.25) is 5.95 Å². The van der Waals surface area contributed by atoms with E-state index in [0.717, 1.165) is 11.5 Å². The standard InChI is InChI=1S/C24H19N5/c25-17-20-11-7-8-14-22(20)27-24-26-16-15-23(28-24)29(21-12-5-2-6-13-21)18-19-9-3-1-4-10-19/h1-16H,18H2,(H,26,27,28). The van der Waals surface area contributed by atoms with Gasteiger partial charge in [-0.2, -0.15) is 10.2 Å². The van der Waals surface area contributed by atoms with Crippen LogP contribution in [-0.4, -0.2) is 9.97 Å². The first-order valence-corrected chi connectivity index (χ1v) is 9.29. The zero-order valence-corrected chi connectivity index (χ0v) is 15.7. The van der Waals surface area contributed by atoms with Crippen LogP contribution in [0.4, 0.5) is 23.1 Å². The lowest BCUT2D eigenvalue weighted by atomic mass is 10.2. The van der Waals surface area contributed by atoms with E-state index in [4.69, 9.17) is 4.98 Å². The molecule has 0 bridgehead atoms. The number of hydrogen-bond acceptors (Lipinski definition) is 5. The highest BCUT2D eigenvalue weighted by Crippen LogP contribution is 2.27. The van der Waals surface area contributed by atoms with Crippen molar-refractivity contribution >= 4 is 23.1 Å². The number of nitriles is 1. The summed E-state index contributed by atoms with van der Waals surface area (Å²) in [6.45, 7) is 0.677. The number of para-hydroxylation sites is 2. The molecular weight excluding hydrogens is 358 g/mol. The Hall–Kier alpha value is -4.17. The molecule has 0 saturated carbocycles. The molecule has 140 valence electrons. The van der Waals surface area contributed by atoms with E-state index in [-0.39, 0.29) is 0 Å². The summed E-state index contributed by atoms with van der Waals surface area (Å²) in [6, 6.07) is 31.8. The van der Waals surface area contributed by atoms with E-state index in [0.29, 0.717) is 23.7 Å². The Bertz CT molecular complexity index is 1120. The van der Waals surface area contributed by atoms with Crippen LogP contribution in [0.2, 0.25) is 0 Å². The van der Waals surface area contributed by atoms with Gasteiger partial charge in [0.15, 0.2) is 0 Å². The monoisotopic (exact) mass is 377 g/mol. The first-order valence-electron chi connectivity index (χ1n) is 9.29. The van der Waals surface area contributed by atoms with Gasteiger partial charge in [-0.1, -0.05) is 60.7 Å². The largest absolute Gasteiger partial charge is 0.323 e. The van der Waals surface area contributed by atoms with Gasteiger partial charge >= 0.3 is 0 Å². The highest BCUT2D eigenvalue weighted by atomic mass is 15.2. The Balaban J connectivity index is 1.68. The van der Waals surface area contributed by atoms with E-state index in [1.165, 1.54) is 5.56 Å². The van der Waals surface area contributed by atoms with Gasteiger partial charge in [0.25, 0.3) is 0 Å². The van der Waals surface area contributed by atoms with Crippen LogP contribution in [0.5, 0.6) is 0 Å². The molecule has 0 aliphatic carbocycles. The maximum Gasteiger partial charge on any atom is 0.229 e. The van der Waals surface area contributed by atoms with Crippen LogP contribution in [0.1, 0.15) is 11.1 Å². The minimum Gasteiger partial charge on any atom is -0.323 e. The van der Waals surface area contributed by atoms with Crippen LogP contribution in [0.3, 0.4) is 0 Å². The second-order valence-corrected chi connectivity index (χ2v) is 6.43. The molecule has 4 aromatic rings. The van der Waals surface area contributed by atoms with Crippen molar-refractivity contribution in [3.05, 3.63) is 108 Å². The molecule has 1 N–H and O–H groups in total. The van der Waals surface area contributed by atoms with E-state index in [2.05, 4.69) is 45.5 Å². The Morgan fingerprint density at radius 1 is 0.828 bits per heavy atom. The fourth-order valence-corrected chi connectivity index (χ4v) is 3.05. The molecule has 0 radical (unpaired) electrons. The molecule has 0 fully saturated rings. The van der Waals surface area contributed by atoms with Crippen molar-refractivity contribution in [1.29, 1.82) is 5.26 Å². The molecule has 29 heavy (non-hydrogen) atoms. The molecule has 0 saturated heterocycles. The number of benzene rings is 3. The summed E-state index contributed by atoms with van der Waals surface area (Å²) < 4.78 is 0. The molecule has 4 rings (SSSR count). The van der Waals surface area contributed by atoms with Crippen LogP contribution >= 0.6 is 0 Å². The fraction of sp³-hybridized carbons (Fsp3) is 0.0417. The summed E-state index contributed by atoms with van der Waals surface area (Å²) in [4.78, 5) is 11.2. The number of anilines is 4. The minimum absolute atomic E-state index is 0.444. The van der Waals surface area contributed by atoms with Crippen molar-refractivity contribution in [3.8, 4) is 6.07 Å². The second-order valence-electron chi connectivity index (χ2n) is 6.43. The number of nitrogens with zero attached hydrogens (tertiary/aromatic N) is 4. The molecule has 1 aromatic heterocycles. The lowest BCUT2D eigenvalue weighted by Gasteiger charge is -2.24. The van der Waals surface area contributed by atoms with Crippen molar-refractivity contribution in [1.82, 2.24) is 9.97 Å². The lowest BCUT2D eigenvalue weighted by molar-refractivity contribution is 0.940. The van der Waals surface area contributed by atoms with Gasteiger partial charge in [-0.05, 0) is 35.9 Å². The van der Waals surface area contributed by atoms with Gasteiger partial charge < -0.3 is 10.2 Å². The summed E-state index contributed by atoms with van der Waals surface area (Å²) >= 11 is 0. The predicted molar refractivity (Wildman–Crippen MR) is 115 cm³/mol. The quantitative estimate of drug-likeness (QED) is 0.485. The number of hydrogen-bond donors (Lipinski definition) is 1. The molecule has 3 aromatic carbocycles. The molecule has 0 spiro atoms. The highest BCUT2D eigenvalue weighted by molar-refractivity contribution is 5.65. The van der Waals surface area contributed by atoms with Gasteiger partial charge in [0.05, 0.1) is 11.3 Å². The summed E-state index contributed by atoms with van der Waals surface area (Å²) in [5.74, 6) is 1.21. The van der Waals surface area contributed by atoms with Crippen LogP contribution < -0.4 is 10.2 Å². The second kappa shape index (κ2) is 8.68. The average molecular weight is 377 g/mol. The van der Waals surface area contributed by atoms with Crippen molar-refractivity contribution in [2.24, 2.45) is 0 Å². The lowest BCUT2D eigenvalue weighted by Crippen LogP contribution is -2.18. The predicted octanol–water partition coefficient (Wildman–Crippen LogP) is 5.43. The first-order chi connectivity index (χ1) is 14.3. The Kier molecular flexibility index (Phi) is 5.45. The molecule has 0 aliphatic rings. The topological polar surface area (TPSA) is 64.8 Å². The van der Waals surface area contributed by atoms with Crippen LogP contribution in [0.25, 0.3) is 0 Å². The zero-order valence-electron chi connectivity index (χ0n) is 15.7. The number of rotatable bonds is 6. The van der Waals surface area contributed by atoms with Crippen molar-refractivity contribution in [2.45, 2.75) is 6.54 Å². The summed E-state index contributed by atoms with van der Waals surface area (Å²) in [5, 5.41) is 12.5. The molecule has 5 heteroatoms. The molecular formula is C24H19N5. The number of nitrogens with one attached hydrogen (secondary N) is 1. The maximum atomic E-state index is 9.31. The third-order valence-corrected chi connectivity index (χ3v) is 4.46. The summed E-state index contributed by atoms with van der Waals surface area (Å²) in [6.07, 6.45) is 1.72. The van der Waals surface area contributed by atoms with E-state index in [1.807, 2.05) is 60.7 Å². The molecule has 0 atom stereocenters. The zero-order chi connectivity index (χ0) is 19.9. The molecule has 1 heterocycles. The maximum absolute atomic E-state index is 9.31. The molecule has 0 unspecified atom stereocenters. The number of aromatic nitrogens is 2. The van der Waals surface area contributed by atoms with Crippen molar-refractivity contribution in [2.75, 3.05) is 10.2 Å². The van der Waals surface area contributed by atoms with Crippen LogP contribution in [-0.2, 0) is 6.54 Å². The van der Waals surface area contributed by atoms with Crippen molar-refractivity contribution in [3.63, 3.8) is 0 Å². The van der Waals surface area contributed by atoms with Gasteiger partial charge in [-0.25, -0.2) is 4.98 Å². The van der Waals surface area contributed by atoms with Crippen LogP contribution in [0.15, 0.2) is 97.2 Å².